The molecule has 0 N–H and O–H groups in total. The van der Waals surface area contributed by atoms with Crippen molar-refractivity contribution in [2.75, 3.05) is 20.3 Å². The summed E-state index contributed by atoms with van der Waals surface area (Å²) in [5.74, 6) is -2.93. The second-order valence-corrected chi connectivity index (χ2v) is 6.58. The maximum Gasteiger partial charge on any atom is 0.416 e. The predicted molar refractivity (Wildman–Crippen MR) is 92.2 cm³/mol. The lowest BCUT2D eigenvalue weighted by Gasteiger charge is -2.38. The molecule has 1 fully saturated rings. The summed E-state index contributed by atoms with van der Waals surface area (Å²) in [6.45, 7) is 1.74. The first-order valence-corrected chi connectivity index (χ1v) is 8.98. The van der Waals surface area contributed by atoms with Crippen molar-refractivity contribution in [2.24, 2.45) is 5.92 Å². The fourth-order valence-corrected chi connectivity index (χ4v) is 3.36. The van der Waals surface area contributed by atoms with Gasteiger partial charge in [0.25, 0.3) is 0 Å². The van der Waals surface area contributed by atoms with Crippen LogP contribution in [0.25, 0.3) is 0 Å². The van der Waals surface area contributed by atoms with E-state index in [1.165, 1.54) is 4.90 Å². The molecule has 2 atom stereocenters. The fraction of sp³-hybridized carbons (Fsp3) is 0.526. The Morgan fingerprint density at radius 3 is 2.48 bits per heavy atom. The molecule has 0 unspecified atom stereocenters. The van der Waals surface area contributed by atoms with Gasteiger partial charge in [-0.2, -0.15) is 13.2 Å². The summed E-state index contributed by atoms with van der Waals surface area (Å²) >= 11 is 0. The van der Waals surface area contributed by atoms with E-state index in [1.807, 2.05) is 0 Å². The second kappa shape index (κ2) is 9.23. The number of halogens is 4. The summed E-state index contributed by atoms with van der Waals surface area (Å²) in [6, 6.07) is 1.03. The lowest BCUT2D eigenvalue weighted by molar-refractivity contribution is -0.146. The molecule has 1 heterocycles. The Morgan fingerprint density at radius 2 is 1.93 bits per heavy atom. The van der Waals surface area contributed by atoms with Crippen LogP contribution in [0, 0.1) is 11.7 Å². The molecular weight excluding hydrogens is 398 g/mol. The van der Waals surface area contributed by atoms with Crippen LogP contribution in [0.1, 0.15) is 43.4 Å². The monoisotopic (exact) mass is 419 g/mol. The number of alkyl halides is 3. The molecule has 1 saturated heterocycles. The minimum atomic E-state index is -4.72. The van der Waals surface area contributed by atoms with Crippen LogP contribution in [0.5, 0.6) is 0 Å². The average Bonchev–Trinajstić information content (AvgIpc) is 2.66. The third-order valence-electron chi connectivity index (χ3n) is 4.78. The highest BCUT2D eigenvalue weighted by Gasteiger charge is 2.39. The average molecular weight is 419 g/mol. The smallest absolute Gasteiger partial charge is 0.416 e. The molecule has 0 aromatic heterocycles. The van der Waals surface area contributed by atoms with Crippen molar-refractivity contribution >= 4 is 17.8 Å². The second-order valence-electron chi connectivity index (χ2n) is 6.58. The van der Waals surface area contributed by atoms with Gasteiger partial charge in [0.15, 0.2) is 0 Å². The highest BCUT2D eigenvalue weighted by atomic mass is 19.4. The van der Waals surface area contributed by atoms with Crippen LogP contribution in [0.4, 0.5) is 22.4 Å². The Hall–Kier alpha value is -2.65. The Morgan fingerprint density at radius 1 is 1.24 bits per heavy atom. The Bertz CT molecular complexity index is 780. The largest absolute Gasteiger partial charge is 0.466 e. The Balaban J connectivity index is 2.30. The van der Waals surface area contributed by atoms with Gasteiger partial charge in [-0.05, 0) is 31.9 Å². The number of hydrogen-bond donors (Lipinski definition) is 0. The zero-order valence-corrected chi connectivity index (χ0v) is 15.9. The number of rotatable bonds is 5. The number of nitrogens with zero attached hydrogens (tertiary/aromatic N) is 1. The number of carbonyl (C=O) groups is 3. The molecule has 0 saturated carbocycles. The summed E-state index contributed by atoms with van der Waals surface area (Å²) in [6.07, 6.45) is -5.79. The van der Waals surface area contributed by atoms with Crippen LogP contribution in [-0.4, -0.2) is 43.0 Å². The van der Waals surface area contributed by atoms with Gasteiger partial charge < -0.3 is 14.4 Å². The van der Waals surface area contributed by atoms with E-state index in [2.05, 4.69) is 4.74 Å². The molecule has 2 rings (SSSR count). The van der Waals surface area contributed by atoms with Crippen LogP contribution in [0.15, 0.2) is 18.2 Å². The van der Waals surface area contributed by atoms with Crippen molar-refractivity contribution in [1.82, 2.24) is 4.90 Å². The summed E-state index contributed by atoms with van der Waals surface area (Å²) < 4.78 is 62.4. The fourth-order valence-electron chi connectivity index (χ4n) is 3.36. The Labute approximate surface area is 164 Å². The maximum atomic E-state index is 14.5. The van der Waals surface area contributed by atoms with Crippen molar-refractivity contribution < 1.29 is 41.4 Å². The number of ether oxygens (including phenoxy) is 2. The van der Waals surface area contributed by atoms with E-state index in [0.29, 0.717) is 6.07 Å². The molecule has 0 radical (unpaired) electrons. The van der Waals surface area contributed by atoms with Crippen LogP contribution >= 0.6 is 0 Å². The van der Waals surface area contributed by atoms with Gasteiger partial charge in [0, 0.05) is 18.0 Å². The predicted octanol–water partition coefficient (Wildman–Crippen LogP) is 3.89. The van der Waals surface area contributed by atoms with E-state index in [-0.39, 0.29) is 31.6 Å². The summed E-state index contributed by atoms with van der Waals surface area (Å²) in [5, 5.41) is 0. The highest BCUT2D eigenvalue weighted by molar-refractivity contribution is 5.97. The van der Waals surface area contributed by atoms with Crippen LogP contribution in [-0.2, 0) is 25.2 Å². The lowest BCUT2D eigenvalue weighted by atomic mass is 9.83. The van der Waals surface area contributed by atoms with Gasteiger partial charge in [0.1, 0.15) is 18.0 Å². The summed E-state index contributed by atoms with van der Waals surface area (Å²) in [7, 11) is 1.13. The van der Waals surface area contributed by atoms with Crippen LogP contribution < -0.4 is 0 Å². The lowest BCUT2D eigenvalue weighted by Crippen LogP contribution is -2.43. The molecule has 6 nitrogen and oxygen atoms in total. The van der Waals surface area contributed by atoms with E-state index in [4.69, 9.17) is 4.74 Å². The topological polar surface area (TPSA) is 72.9 Å². The van der Waals surface area contributed by atoms with Gasteiger partial charge in [-0.25, -0.2) is 9.18 Å². The molecule has 1 aliphatic heterocycles. The zero-order valence-electron chi connectivity index (χ0n) is 15.9. The molecule has 0 spiro atoms. The molecule has 160 valence electrons. The number of carbonyl (C=O) groups excluding carboxylic acids is 3. The number of piperidine rings is 1. The number of esters is 1. The van der Waals surface area contributed by atoms with Crippen molar-refractivity contribution in [3.63, 3.8) is 0 Å². The number of amides is 1. The van der Waals surface area contributed by atoms with Crippen LogP contribution in [0.2, 0.25) is 0 Å². The van der Waals surface area contributed by atoms with Gasteiger partial charge in [-0.15, -0.1) is 0 Å². The number of ketones is 1. The SMILES string of the molecule is CCOC(=O)CC(=O)[C@H]1CCN(C(=O)OC)[C@H](c2ccc(C(F)(F)F)cc2F)C1. The van der Waals surface area contributed by atoms with E-state index in [9.17, 15) is 31.9 Å². The Kier molecular flexibility index (Phi) is 7.21. The molecule has 29 heavy (non-hydrogen) atoms. The van der Waals surface area contributed by atoms with Crippen molar-refractivity contribution in [3.05, 3.63) is 35.1 Å². The van der Waals surface area contributed by atoms with Gasteiger partial charge >= 0.3 is 18.2 Å². The molecule has 10 heteroatoms. The van der Waals surface area contributed by atoms with Crippen molar-refractivity contribution in [3.8, 4) is 0 Å². The van der Waals surface area contributed by atoms with Crippen LogP contribution in [0.3, 0.4) is 0 Å². The maximum absolute atomic E-state index is 14.5. The van der Waals surface area contributed by atoms with E-state index >= 15 is 0 Å². The van der Waals surface area contributed by atoms with E-state index < -0.39 is 53.8 Å². The first kappa shape index (κ1) is 22.6. The number of likely N-dealkylation sites (tertiary alicyclic amines) is 1. The van der Waals surface area contributed by atoms with Crippen molar-refractivity contribution in [1.29, 1.82) is 0 Å². The minimum Gasteiger partial charge on any atom is -0.466 e. The van der Waals surface area contributed by atoms with E-state index in [0.717, 1.165) is 19.2 Å². The number of methoxy groups -OCH3 is 1. The molecule has 1 aromatic rings. The quantitative estimate of drug-likeness (QED) is 0.411. The first-order valence-electron chi connectivity index (χ1n) is 8.98. The van der Waals surface area contributed by atoms with Gasteiger partial charge in [0.2, 0.25) is 0 Å². The minimum absolute atomic E-state index is 0.0248. The third-order valence-corrected chi connectivity index (χ3v) is 4.78. The molecular formula is C19H21F4NO5. The number of hydrogen-bond acceptors (Lipinski definition) is 5. The number of Topliss-reactive ketones (excluding diaryl/α,β-unsaturated/α-hetero) is 1. The normalized spacial score (nSPS) is 19.6. The van der Waals surface area contributed by atoms with Gasteiger partial charge in [-0.3, -0.25) is 9.59 Å². The summed E-state index contributed by atoms with van der Waals surface area (Å²) in [5.41, 5.74) is -1.31. The number of benzene rings is 1. The molecule has 0 bridgehead atoms. The van der Waals surface area contributed by atoms with Crippen molar-refractivity contribution in [2.45, 2.75) is 38.4 Å². The standard InChI is InChI=1S/C19H21F4NO5/c1-3-29-17(26)10-16(25)11-6-7-24(18(27)28-2)15(8-11)13-5-4-12(9-14(13)20)19(21,22)23/h4-5,9,11,15H,3,6-8,10H2,1-2H3/t11-,15-/m0/s1. The third kappa shape index (κ3) is 5.45. The molecule has 1 amide bonds. The summed E-state index contributed by atoms with van der Waals surface area (Å²) in [4.78, 5) is 37.2. The first-order chi connectivity index (χ1) is 13.6. The molecule has 1 aromatic carbocycles. The van der Waals surface area contributed by atoms with E-state index in [1.54, 1.807) is 6.92 Å². The molecule has 0 aliphatic carbocycles. The zero-order chi connectivity index (χ0) is 21.8. The highest BCUT2D eigenvalue weighted by Crippen LogP contribution is 2.38. The van der Waals surface area contributed by atoms with Gasteiger partial charge in [-0.1, -0.05) is 6.07 Å². The molecule has 1 aliphatic rings. The van der Waals surface area contributed by atoms with Gasteiger partial charge in [0.05, 0.1) is 25.3 Å².